The summed E-state index contributed by atoms with van der Waals surface area (Å²) in [5.74, 6) is 0.972. The fourth-order valence-corrected chi connectivity index (χ4v) is 4.88. The van der Waals surface area contributed by atoms with Crippen LogP contribution in [0.25, 0.3) is 8.85 Å². The molecule has 0 aliphatic heterocycles. The molecule has 27 heavy (non-hydrogen) atoms. The summed E-state index contributed by atoms with van der Waals surface area (Å²) in [5, 5.41) is 0. The summed E-state index contributed by atoms with van der Waals surface area (Å²) >= 11 is 1.45. The van der Waals surface area contributed by atoms with Crippen molar-refractivity contribution in [3.8, 4) is 0 Å². The van der Waals surface area contributed by atoms with Crippen LogP contribution in [0.5, 0.6) is 0 Å². The monoisotopic (exact) mass is 497 g/mol. The molecule has 0 unspecified atom stereocenters. The van der Waals surface area contributed by atoms with Crippen LogP contribution in [0.3, 0.4) is 0 Å². The number of hydrogen-bond donors (Lipinski definition) is 0. The van der Waals surface area contributed by atoms with Gasteiger partial charge in [-0.3, -0.25) is 0 Å². The van der Waals surface area contributed by atoms with Crippen LogP contribution >= 0.6 is 0 Å². The van der Waals surface area contributed by atoms with Gasteiger partial charge in [0.25, 0.3) is 0 Å². The van der Waals surface area contributed by atoms with E-state index in [1.165, 1.54) is 61.4 Å². The SMILES string of the molecule is CC(C)=C1C(C2=C(OCO[Si](C)(C)C)C=CC2)=[C]([Zr+2])c2ccccc21.[Cl-].[Cl-]. The third kappa shape index (κ3) is 5.36. The van der Waals surface area contributed by atoms with Crippen molar-refractivity contribution in [2.45, 2.75) is 39.9 Å². The second kappa shape index (κ2) is 9.89. The van der Waals surface area contributed by atoms with Crippen molar-refractivity contribution in [3.05, 3.63) is 70.0 Å². The first-order valence-corrected chi connectivity index (χ1v) is 13.3. The van der Waals surface area contributed by atoms with Gasteiger partial charge in [0, 0.05) is 0 Å². The Morgan fingerprint density at radius 2 is 1.70 bits per heavy atom. The average Bonchev–Trinajstić information content (AvgIpc) is 3.09. The van der Waals surface area contributed by atoms with Gasteiger partial charge in [0.2, 0.25) is 0 Å². The van der Waals surface area contributed by atoms with Crippen molar-refractivity contribution < 1.29 is 58.7 Å². The maximum Gasteiger partial charge on any atom is -1.00 e. The molecule has 0 radical (unpaired) electrons. The fourth-order valence-electron chi connectivity index (χ4n) is 3.25. The quantitative estimate of drug-likeness (QED) is 0.413. The van der Waals surface area contributed by atoms with Crippen LogP contribution in [0.15, 0.2) is 58.9 Å². The zero-order valence-electron chi connectivity index (χ0n) is 16.5. The number of halogens is 2. The molecule has 0 fully saturated rings. The van der Waals surface area contributed by atoms with Gasteiger partial charge in [0.05, 0.1) is 0 Å². The van der Waals surface area contributed by atoms with Gasteiger partial charge in [-0.25, -0.2) is 0 Å². The topological polar surface area (TPSA) is 18.5 Å². The second-order valence-corrected chi connectivity index (χ2v) is 13.4. The normalized spacial score (nSPS) is 15.6. The van der Waals surface area contributed by atoms with E-state index in [2.05, 4.69) is 69.9 Å². The van der Waals surface area contributed by atoms with E-state index in [1.807, 2.05) is 0 Å². The fraction of sp³-hybridized carbons (Fsp3) is 0.333. The van der Waals surface area contributed by atoms with Gasteiger partial charge in [-0.1, -0.05) is 0 Å². The van der Waals surface area contributed by atoms with Crippen molar-refractivity contribution in [2.75, 3.05) is 6.79 Å². The average molecular weight is 500 g/mol. The van der Waals surface area contributed by atoms with Gasteiger partial charge in [-0.15, -0.1) is 0 Å². The summed E-state index contributed by atoms with van der Waals surface area (Å²) < 4.78 is 13.4. The molecule has 0 aromatic heterocycles. The minimum Gasteiger partial charge on any atom is -1.00 e. The molecule has 0 N–H and O–H groups in total. The standard InChI is InChI=1S/C21H25O2Si.2ClH.Zr/c1-15(2)21-17-10-7-6-9-16(17)13-19(21)18-11-8-12-20(18)22-14-23-24(3,4)5;;;/h6-10,12H,11,14H2,1-5H3;2*1H;/q;;;+2/p-2. The summed E-state index contributed by atoms with van der Waals surface area (Å²) in [5.41, 5.74) is 8.17. The van der Waals surface area contributed by atoms with Gasteiger partial charge in [0.15, 0.2) is 0 Å². The Balaban J connectivity index is 0.00000182. The zero-order valence-corrected chi connectivity index (χ0v) is 21.4. The van der Waals surface area contributed by atoms with Crippen LogP contribution in [-0.2, 0) is 33.9 Å². The molecule has 0 spiro atoms. The molecule has 2 nitrogen and oxygen atoms in total. The van der Waals surface area contributed by atoms with Gasteiger partial charge in [0.1, 0.15) is 0 Å². The maximum atomic E-state index is 6.04. The molecule has 3 rings (SSSR count). The molecule has 1 aromatic carbocycles. The van der Waals surface area contributed by atoms with Crippen molar-refractivity contribution in [1.82, 2.24) is 0 Å². The van der Waals surface area contributed by atoms with Crippen molar-refractivity contribution in [3.63, 3.8) is 0 Å². The van der Waals surface area contributed by atoms with E-state index in [1.54, 1.807) is 0 Å². The van der Waals surface area contributed by atoms with Gasteiger partial charge in [-0.2, -0.15) is 0 Å². The van der Waals surface area contributed by atoms with Crippen LogP contribution in [0.2, 0.25) is 19.6 Å². The molecule has 0 heterocycles. The predicted octanol–water partition coefficient (Wildman–Crippen LogP) is -0.201. The minimum atomic E-state index is -1.57. The summed E-state index contributed by atoms with van der Waals surface area (Å²) in [7, 11) is -1.57. The molecule has 0 atom stereocenters. The van der Waals surface area contributed by atoms with Crippen molar-refractivity contribution >= 4 is 17.2 Å². The summed E-state index contributed by atoms with van der Waals surface area (Å²) in [4.78, 5) is 0. The van der Waals surface area contributed by atoms with Gasteiger partial charge >= 0.3 is 168 Å². The van der Waals surface area contributed by atoms with Gasteiger partial charge < -0.3 is 24.8 Å². The summed E-state index contributed by atoms with van der Waals surface area (Å²) in [6, 6.07) is 8.75. The van der Waals surface area contributed by atoms with Crippen molar-refractivity contribution in [2.24, 2.45) is 0 Å². The van der Waals surface area contributed by atoms with Crippen LogP contribution in [0.4, 0.5) is 0 Å². The maximum absolute atomic E-state index is 6.04. The number of fused-ring (bicyclic) bond motifs is 1. The Bertz CT molecular complexity index is 829. The number of allylic oxidation sites excluding steroid dienone is 6. The van der Waals surface area contributed by atoms with E-state index in [0.29, 0.717) is 6.79 Å². The second-order valence-electron chi connectivity index (χ2n) is 7.64. The van der Waals surface area contributed by atoms with Crippen LogP contribution < -0.4 is 24.8 Å². The Morgan fingerprint density at radius 3 is 2.30 bits per heavy atom. The first-order chi connectivity index (χ1) is 11.8. The van der Waals surface area contributed by atoms with Crippen LogP contribution in [0, 0.1) is 0 Å². The first kappa shape index (κ1) is 24.7. The van der Waals surface area contributed by atoms with Crippen molar-refractivity contribution in [1.29, 1.82) is 0 Å². The van der Waals surface area contributed by atoms with Crippen LogP contribution in [-0.4, -0.2) is 15.1 Å². The zero-order chi connectivity index (χ0) is 18.2. The largest absolute Gasteiger partial charge is 1.00 e. The smallest absolute Gasteiger partial charge is 1.00 e. The number of rotatable bonds is 5. The Hall–Kier alpha value is -0.380. The molecular weight excluding hydrogens is 474 g/mol. The Kier molecular flexibility index (Phi) is 9.03. The molecule has 6 heteroatoms. The van der Waals surface area contributed by atoms with E-state index in [-0.39, 0.29) is 24.8 Å². The third-order valence-electron chi connectivity index (χ3n) is 4.36. The first-order valence-electron chi connectivity index (χ1n) is 8.70. The molecule has 0 saturated carbocycles. The van der Waals surface area contributed by atoms with E-state index in [0.717, 1.165) is 12.2 Å². The molecule has 143 valence electrons. The molecule has 0 amide bonds. The number of hydrogen-bond acceptors (Lipinski definition) is 2. The molecule has 1 aromatic rings. The van der Waals surface area contributed by atoms with E-state index >= 15 is 0 Å². The molecule has 2 aliphatic rings. The van der Waals surface area contributed by atoms with E-state index in [9.17, 15) is 0 Å². The summed E-state index contributed by atoms with van der Waals surface area (Å²) in [6.07, 6.45) is 5.23. The molecule has 0 bridgehead atoms. The Labute approximate surface area is 191 Å². The number of benzene rings is 1. The number of ether oxygens (including phenoxy) is 1. The van der Waals surface area contributed by atoms with Crippen LogP contribution in [0.1, 0.15) is 31.4 Å². The molecule has 0 saturated heterocycles. The molecule has 2 aliphatic carbocycles. The van der Waals surface area contributed by atoms with Gasteiger partial charge in [-0.05, 0) is 0 Å². The van der Waals surface area contributed by atoms with E-state index in [4.69, 9.17) is 9.16 Å². The predicted molar refractivity (Wildman–Crippen MR) is 103 cm³/mol. The molecular formula is C21H25Cl2O2SiZr. The Morgan fingerprint density at radius 1 is 1.07 bits per heavy atom. The van der Waals surface area contributed by atoms with E-state index < -0.39 is 8.32 Å². The minimum absolute atomic E-state index is 0. The third-order valence-corrected chi connectivity index (χ3v) is 6.62. The summed E-state index contributed by atoms with van der Waals surface area (Å²) in [6.45, 7) is 11.3.